The van der Waals surface area contributed by atoms with E-state index in [9.17, 15) is 5.11 Å². The molecule has 0 amide bonds. The smallest absolute Gasteiger partial charge is 0.0972 e. The van der Waals surface area contributed by atoms with E-state index in [1.807, 2.05) is 0 Å². The second-order valence-corrected chi connectivity index (χ2v) is 5.33. The highest BCUT2D eigenvalue weighted by Crippen LogP contribution is 2.24. The molecule has 2 atom stereocenters. The Bertz CT molecular complexity index is 204. The lowest BCUT2D eigenvalue weighted by atomic mass is 9.93. The molecule has 0 aromatic carbocycles. The fraction of sp³-hybridized carbons (Fsp3) is 1.00. The molecule has 0 saturated carbocycles. The summed E-state index contributed by atoms with van der Waals surface area (Å²) >= 11 is 0. The highest BCUT2D eigenvalue weighted by molar-refractivity contribution is 4.85. The van der Waals surface area contributed by atoms with Gasteiger partial charge >= 0.3 is 0 Å². The van der Waals surface area contributed by atoms with Gasteiger partial charge < -0.3 is 20.3 Å². The van der Waals surface area contributed by atoms with Crippen molar-refractivity contribution >= 4 is 0 Å². The third-order valence-corrected chi connectivity index (χ3v) is 2.81. The predicted octanol–water partition coefficient (Wildman–Crippen LogP) is 0.277. The number of rotatable bonds is 4. The Morgan fingerprint density at radius 3 is 2.73 bits per heavy atom. The molecule has 4 heteroatoms. The first-order chi connectivity index (χ1) is 6.85. The normalized spacial score (nSPS) is 29.8. The minimum atomic E-state index is -1.03. The Balaban J connectivity index is 2.33. The molecule has 2 unspecified atom stereocenters. The Labute approximate surface area is 91.6 Å². The van der Waals surface area contributed by atoms with Gasteiger partial charge in [0.1, 0.15) is 0 Å². The zero-order valence-corrected chi connectivity index (χ0v) is 9.92. The largest absolute Gasteiger partial charge is 0.393 e. The molecule has 1 rings (SSSR count). The van der Waals surface area contributed by atoms with Crippen LogP contribution >= 0.6 is 0 Å². The van der Waals surface area contributed by atoms with E-state index in [0.717, 1.165) is 19.4 Å². The van der Waals surface area contributed by atoms with Crippen LogP contribution in [0.5, 0.6) is 0 Å². The second-order valence-electron chi connectivity index (χ2n) is 5.33. The fourth-order valence-corrected chi connectivity index (χ4v) is 1.83. The van der Waals surface area contributed by atoms with E-state index in [4.69, 9.17) is 9.84 Å². The summed E-state index contributed by atoms with van der Waals surface area (Å²) in [6.45, 7) is 6.74. The van der Waals surface area contributed by atoms with Gasteiger partial charge in [-0.15, -0.1) is 0 Å². The van der Waals surface area contributed by atoms with Crippen molar-refractivity contribution in [2.45, 2.75) is 50.9 Å². The van der Waals surface area contributed by atoms with Crippen molar-refractivity contribution < 1.29 is 14.9 Å². The van der Waals surface area contributed by atoms with E-state index < -0.39 is 5.60 Å². The number of ether oxygens (including phenoxy) is 1. The Hall–Kier alpha value is -0.160. The SMILES string of the molecule is CC(O)(CO)CNC1CCOC(C)(C)C1. The molecule has 15 heavy (non-hydrogen) atoms. The molecular weight excluding hydrogens is 194 g/mol. The maximum atomic E-state index is 9.64. The molecule has 3 N–H and O–H groups in total. The van der Waals surface area contributed by atoms with Crippen molar-refractivity contribution in [1.29, 1.82) is 0 Å². The number of nitrogens with one attached hydrogen (secondary N) is 1. The molecule has 1 aliphatic rings. The quantitative estimate of drug-likeness (QED) is 0.633. The first-order valence-corrected chi connectivity index (χ1v) is 5.55. The van der Waals surface area contributed by atoms with E-state index in [2.05, 4.69) is 19.2 Å². The summed E-state index contributed by atoms with van der Waals surface area (Å²) in [6.07, 6.45) is 1.90. The van der Waals surface area contributed by atoms with Crippen LogP contribution in [-0.2, 0) is 4.74 Å². The van der Waals surface area contributed by atoms with Gasteiger partial charge in [0.15, 0.2) is 0 Å². The van der Waals surface area contributed by atoms with Crippen LogP contribution in [0.2, 0.25) is 0 Å². The Morgan fingerprint density at radius 2 is 2.20 bits per heavy atom. The van der Waals surface area contributed by atoms with E-state index >= 15 is 0 Å². The van der Waals surface area contributed by atoms with Crippen molar-refractivity contribution in [1.82, 2.24) is 5.32 Å². The van der Waals surface area contributed by atoms with Crippen molar-refractivity contribution in [3.8, 4) is 0 Å². The number of aliphatic hydroxyl groups excluding tert-OH is 1. The molecular formula is C11H23NO3. The van der Waals surface area contributed by atoms with E-state index in [0.29, 0.717) is 12.6 Å². The average molecular weight is 217 g/mol. The molecule has 1 aliphatic heterocycles. The monoisotopic (exact) mass is 217 g/mol. The summed E-state index contributed by atoms with van der Waals surface area (Å²) < 4.78 is 5.60. The number of aliphatic hydroxyl groups is 2. The van der Waals surface area contributed by atoms with Crippen molar-refractivity contribution in [2.75, 3.05) is 19.8 Å². The zero-order valence-electron chi connectivity index (χ0n) is 9.92. The lowest BCUT2D eigenvalue weighted by Crippen LogP contribution is -2.49. The minimum absolute atomic E-state index is 0.0824. The lowest BCUT2D eigenvalue weighted by molar-refractivity contribution is -0.0676. The first-order valence-electron chi connectivity index (χ1n) is 5.55. The Morgan fingerprint density at radius 1 is 1.53 bits per heavy atom. The highest BCUT2D eigenvalue weighted by atomic mass is 16.5. The minimum Gasteiger partial charge on any atom is -0.393 e. The summed E-state index contributed by atoms with van der Waals surface area (Å²) in [7, 11) is 0. The van der Waals surface area contributed by atoms with Crippen molar-refractivity contribution in [3.63, 3.8) is 0 Å². The van der Waals surface area contributed by atoms with Gasteiger partial charge in [-0.2, -0.15) is 0 Å². The molecule has 0 aromatic rings. The average Bonchev–Trinajstić information content (AvgIpc) is 2.14. The van der Waals surface area contributed by atoms with Gasteiger partial charge in [-0.1, -0.05) is 0 Å². The van der Waals surface area contributed by atoms with Crippen molar-refractivity contribution in [2.24, 2.45) is 0 Å². The van der Waals surface area contributed by atoms with Crippen LogP contribution in [0, 0.1) is 0 Å². The van der Waals surface area contributed by atoms with Crippen LogP contribution in [-0.4, -0.2) is 47.2 Å². The molecule has 0 aliphatic carbocycles. The van der Waals surface area contributed by atoms with Crippen LogP contribution < -0.4 is 5.32 Å². The molecule has 0 spiro atoms. The van der Waals surface area contributed by atoms with Crippen LogP contribution in [0.3, 0.4) is 0 Å². The molecule has 1 fully saturated rings. The van der Waals surface area contributed by atoms with Crippen LogP contribution in [0.1, 0.15) is 33.6 Å². The number of hydrogen-bond acceptors (Lipinski definition) is 4. The topological polar surface area (TPSA) is 61.7 Å². The molecule has 0 bridgehead atoms. The molecule has 1 saturated heterocycles. The van der Waals surface area contributed by atoms with Gasteiger partial charge in [-0.05, 0) is 33.6 Å². The van der Waals surface area contributed by atoms with Crippen molar-refractivity contribution in [3.05, 3.63) is 0 Å². The van der Waals surface area contributed by atoms with Crippen LogP contribution in [0.25, 0.3) is 0 Å². The van der Waals surface area contributed by atoms with Gasteiger partial charge in [0.25, 0.3) is 0 Å². The molecule has 4 nitrogen and oxygen atoms in total. The van der Waals surface area contributed by atoms with Gasteiger partial charge in [-0.25, -0.2) is 0 Å². The maximum Gasteiger partial charge on any atom is 0.0972 e. The summed E-state index contributed by atoms with van der Waals surface area (Å²) in [5.41, 5.74) is -1.11. The zero-order chi connectivity index (χ0) is 11.5. The first kappa shape index (κ1) is 12.9. The van der Waals surface area contributed by atoms with E-state index in [1.165, 1.54) is 0 Å². The standard InChI is InChI=1S/C11H23NO3/c1-10(2)6-9(4-5-15-10)12-7-11(3,14)8-13/h9,12-14H,4-8H2,1-3H3. The molecule has 1 heterocycles. The maximum absolute atomic E-state index is 9.64. The molecule has 0 aromatic heterocycles. The summed E-state index contributed by atoms with van der Waals surface area (Å²) in [4.78, 5) is 0. The third kappa shape index (κ3) is 4.47. The lowest BCUT2D eigenvalue weighted by Gasteiger charge is -2.37. The summed E-state index contributed by atoms with van der Waals surface area (Å²) in [5, 5.41) is 21.8. The molecule has 90 valence electrons. The van der Waals surface area contributed by atoms with Crippen LogP contribution in [0.15, 0.2) is 0 Å². The van der Waals surface area contributed by atoms with E-state index in [1.54, 1.807) is 6.92 Å². The van der Waals surface area contributed by atoms with Crippen LogP contribution in [0.4, 0.5) is 0 Å². The fourth-order valence-electron chi connectivity index (χ4n) is 1.83. The summed E-state index contributed by atoms with van der Waals surface area (Å²) in [5.74, 6) is 0. The van der Waals surface area contributed by atoms with Gasteiger partial charge in [0, 0.05) is 19.2 Å². The van der Waals surface area contributed by atoms with E-state index in [-0.39, 0.29) is 12.2 Å². The second kappa shape index (κ2) is 4.78. The highest BCUT2D eigenvalue weighted by Gasteiger charge is 2.30. The Kier molecular flexibility index (Phi) is 4.12. The van der Waals surface area contributed by atoms with Gasteiger partial charge in [0.2, 0.25) is 0 Å². The number of hydrogen-bond donors (Lipinski definition) is 3. The predicted molar refractivity (Wildman–Crippen MR) is 58.8 cm³/mol. The summed E-state index contributed by atoms with van der Waals surface area (Å²) in [6, 6.07) is 0.367. The van der Waals surface area contributed by atoms with Gasteiger partial charge in [0.05, 0.1) is 17.8 Å². The molecule has 0 radical (unpaired) electrons. The van der Waals surface area contributed by atoms with Gasteiger partial charge in [-0.3, -0.25) is 0 Å². The third-order valence-electron chi connectivity index (χ3n) is 2.81.